The van der Waals surface area contributed by atoms with Gasteiger partial charge in [0, 0.05) is 6.07 Å². The molecule has 1 aromatic rings. The second-order valence-corrected chi connectivity index (χ2v) is 3.03. The first-order valence-electron chi connectivity index (χ1n) is 2.85. The highest BCUT2D eigenvalue weighted by Crippen LogP contribution is 2.14. The third kappa shape index (κ3) is 1.51. The molecule has 0 fully saturated rings. The van der Waals surface area contributed by atoms with Crippen molar-refractivity contribution < 1.29 is 9.90 Å². The van der Waals surface area contributed by atoms with E-state index in [-0.39, 0.29) is 10.7 Å². The molecule has 0 saturated heterocycles. The zero-order chi connectivity index (χ0) is 9.30. The van der Waals surface area contributed by atoms with Gasteiger partial charge in [0.25, 0.3) is 5.56 Å². The van der Waals surface area contributed by atoms with Gasteiger partial charge in [-0.2, -0.15) is 0 Å². The van der Waals surface area contributed by atoms with Crippen LogP contribution < -0.4 is 5.56 Å². The highest BCUT2D eigenvalue weighted by Gasteiger charge is 2.11. The Morgan fingerprint density at radius 1 is 1.58 bits per heavy atom. The predicted molar refractivity (Wildman–Crippen MR) is 47.0 cm³/mol. The molecule has 0 aliphatic rings. The summed E-state index contributed by atoms with van der Waals surface area (Å²) < 4.78 is 0.887. The fraction of sp³-hybridized carbons (Fsp3) is 0. The van der Waals surface area contributed by atoms with E-state index in [1.807, 2.05) is 0 Å². The lowest BCUT2D eigenvalue weighted by molar-refractivity contribution is 0.0696. The van der Waals surface area contributed by atoms with Crippen molar-refractivity contribution in [3.8, 4) is 0 Å². The fourth-order valence-corrected chi connectivity index (χ4v) is 1.19. The van der Waals surface area contributed by atoms with E-state index in [2.05, 4.69) is 16.1 Å². The molecule has 1 heterocycles. The molecule has 0 spiro atoms. The minimum absolute atomic E-state index is 0.117. The second-order valence-electron chi connectivity index (χ2n) is 1.96. The van der Waals surface area contributed by atoms with E-state index >= 15 is 0 Å². The van der Waals surface area contributed by atoms with E-state index in [0.717, 1.165) is 15.7 Å². The molecule has 0 unspecified atom stereocenters. The maximum Gasteiger partial charge on any atom is 0.338 e. The van der Waals surface area contributed by atoms with Crippen molar-refractivity contribution in [2.75, 3.05) is 0 Å². The van der Waals surface area contributed by atoms with E-state index in [0.29, 0.717) is 0 Å². The first-order chi connectivity index (χ1) is 5.54. The van der Waals surface area contributed by atoms with Gasteiger partial charge in [-0.05, 0) is 6.07 Å². The monoisotopic (exact) mass is 251 g/mol. The third-order valence-corrected chi connectivity index (χ3v) is 2.49. The number of aromatic nitrogens is 1. The van der Waals surface area contributed by atoms with E-state index in [1.54, 1.807) is 0 Å². The molecule has 0 saturated carbocycles. The summed E-state index contributed by atoms with van der Waals surface area (Å²) >= 11 is 8.34. The summed E-state index contributed by atoms with van der Waals surface area (Å²) in [5, 5.41) is 8.42. The van der Waals surface area contributed by atoms with E-state index < -0.39 is 11.5 Å². The summed E-state index contributed by atoms with van der Waals surface area (Å²) in [4.78, 5) is 21.3. The highest BCUT2D eigenvalue weighted by molar-refractivity contribution is 9.08. The lowest BCUT2D eigenvalue weighted by atomic mass is 10.3. The largest absolute Gasteiger partial charge is 0.478 e. The van der Waals surface area contributed by atoms with Crippen LogP contribution in [0.25, 0.3) is 0 Å². The molecule has 6 heteroatoms. The molecule has 0 aromatic carbocycles. The normalized spacial score (nSPS) is 9.83. The van der Waals surface area contributed by atoms with Gasteiger partial charge in [0.05, 0.1) is 21.7 Å². The number of carbonyl (C=O) groups is 1. The van der Waals surface area contributed by atoms with Crippen LogP contribution in [0, 0.1) is 0 Å². The topological polar surface area (TPSA) is 59.3 Å². The van der Waals surface area contributed by atoms with E-state index in [9.17, 15) is 9.59 Å². The van der Waals surface area contributed by atoms with Crippen LogP contribution in [0.2, 0.25) is 5.15 Å². The van der Waals surface area contributed by atoms with Crippen LogP contribution in [0.15, 0.2) is 16.9 Å². The Morgan fingerprint density at radius 3 is 2.67 bits per heavy atom. The molecule has 12 heavy (non-hydrogen) atoms. The smallest absolute Gasteiger partial charge is 0.338 e. The number of halogens is 2. The molecule has 0 amide bonds. The molecular weight excluding hydrogens is 249 g/mol. The van der Waals surface area contributed by atoms with Crippen molar-refractivity contribution in [1.29, 1.82) is 0 Å². The number of pyridine rings is 1. The average Bonchev–Trinajstić information content (AvgIpc) is 2.00. The molecule has 0 bridgehead atoms. The summed E-state index contributed by atoms with van der Waals surface area (Å²) in [5.41, 5.74) is -0.529. The van der Waals surface area contributed by atoms with Crippen LogP contribution in [0.4, 0.5) is 0 Å². The molecule has 0 radical (unpaired) electrons. The Balaban J connectivity index is 3.47. The quantitative estimate of drug-likeness (QED) is 0.768. The Morgan fingerprint density at radius 2 is 2.17 bits per heavy atom. The minimum atomic E-state index is -1.17. The summed E-state index contributed by atoms with van der Waals surface area (Å²) in [5.74, 6) is -1.17. The lowest BCUT2D eigenvalue weighted by Crippen LogP contribution is -2.14. The van der Waals surface area contributed by atoms with Crippen LogP contribution in [-0.2, 0) is 0 Å². The summed E-state index contributed by atoms with van der Waals surface area (Å²) in [6, 6.07) is 2.27. The van der Waals surface area contributed by atoms with Gasteiger partial charge in [0.1, 0.15) is 5.15 Å². The Hall–Kier alpha value is -0.810. The van der Waals surface area contributed by atoms with Gasteiger partial charge in [-0.1, -0.05) is 11.6 Å². The van der Waals surface area contributed by atoms with Crippen molar-refractivity contribution in [3.63, 3.8) is 0 Å². The van der Waals surface area contributed by atoms with Crippen molar-refractivity contribution in [2.24, 2.45) is 0 Å². The number of carboxylic acid groups (broad SMARTS) is 1. The molecule has 0 aliphatic heterocycles. The second kappa shape index (κ2) is 3.28. The number of aromatic carboxylic acids is 1. The first-order valence-corrected chi connectivity index (χ1v) is 3.94. The zero-order valence-electron chi connectivity index (χ0n) is 5.62. The molecule has 1 rings (SSSR count). The van der Waals surface area contributed by atoms with Crippen molar-refractivity contribution >= 4 is 33.7 Å². The number of hydrogen-bond donors (Lipinski definition) is 1. The molecule has 1 aromatic heterocycles. The Bertz CT molecular complexity index is 387. The Labute approximate surface area is 80.7 Å². The highest BCUT2D eigenvalue weighted by atomic mass is 79.9. The summed E-state index contributed by atoms with van der Waals surface area (Å²) in [7, 11) is 0. The molecular formula is C6H3BrClNO3. The number of hydrogen-bond acceptors (Lipinski definition) is 2. The van der Waals surface area contributed by atoms with Gasteiger partial charge in [-0.3, -0.25) is 4.79 Å². The van der Waals surface area contributed by atoms with Gasteiger partial charge in [-0.15, -0.1) is 0 Å². The first kappa shape index (κ1) is 9.28. The minimum Gasteiger partial charge on any atom is -0.478 e. The summed E-state index contributed by atoms with van der Waals surface area (Å²) in [6.07, 6.45) is 0. The number of nitrogens with zero attached hydrogens (tertiary/aromatic N) is 1. The maximum atomic E-state index is 10.9. The summed E-state index contributed by atoms with van der Waals surface area (Å²) in [6.45, 7) is 0. The Kier molecular flexibility index (Phi) is 2.54. The van der Waals surface area contributed by atoms with Crippen LogP contribution in [0.5, 0.6) is 0 Å². The van der Waals surface area contributed by atoms with E-state index in [4.69, 9.17) is 16.7 Å². The van der Waals surface area contributed by atoms with Gasteiger partial charge < -0.3 is 5.11 Å². The lowest BCUT2D eigenvalue weighted by Gasteiger charge is -2.00. The van der Waals surface area contributed by atoms with Crippen LogP contribution >= 0.6 is 27.7 Å². The van der Waals surface area contributed by atoms with Crippen LogP contribution in [0.3, 0.4) is 0 Å². The molecule has 4 nitrogen and oxygen atoms in total. The van der Waals surface area contributed by atoms with E-state index in [1.165, 1.54) is 0 Å². The van der Waals surface area contributed by atoms with Crippen molar-refractivity contribution in [3.05, 3.63) is 33.2 Å². The molecule has 64 valence electrons. The van der Waals surface area contributed by atoms with Gasteiger partial charge in [-0.25, -0.2) is 8.39 Å². The fourth-order valence-electron chi connectivity index (χ4n) is 0.651. The van der Waals surface area contributed by atoms with Gasteiger partial charge in [0.2, 0.25) is 0 Å². The standard InChI is InChI=1S/C6H3BrClNO3/c7-9-4(10)2-1-3(5(9)8)6(11)12/h1-2H,(H,11,12). The van der Waals surface area contributed by atoms with Gasteiger partial charge in [0.15, 0.2) is 0 Å². The number of rotatable bonds is 1. The number of carboxylic acids is 1. The van der Waals surface area contributed by atoms with Gasteiger partial charge >= 0.3 is 5.97 Å². The zero-order valence-corrected chi connectivity index (χ0v) is 7.96. The van der Waals surface area contributed by atoms with Crippen molar-refractivity contribution in [1.82, 2.24) is 3.59 Å². The van der Waals surface area contributed by atoms with Crippen LogP contribution in [-0.4, -0.2) is 14.7 Å². The maximum absolute atomic E-state index is 10.9. The SMILES string of the molecule is O=C(O)c1ccc(=O)n(Br)c1Cl. The molecule has 1 N–H and O–H groups in total. The predicted octanol–water partition coefficient (Wildman–Crippen LogP) is 1.36. The molecule has 0 atom stereocenters. The van der Waals surface area contributed by atoms with Crippen LogP contribution in [0.1, 0.15) is 10.4 Å². The third-order valence-electron chi connectivity index (χ3n) is 1.21. The molecule has 0 aliphatic carbocycles. The van der Waals surface area contributed by atoms with Crippen molar-refractivity contribution in [2.45, 2.75) is 0 Å². The average molecular weight is 252 g/mol.